The summed E-state index contributed by atoms with van der Waals surface area (Å²) in [7, 11) is 6.19. The van der Waals surface area contributed by atoms with Crippen LogP contribution in [0.5, 0.6) is 23.0 Å². The van der Waals surface area contributed by atoms with Crippen LogP contribution in [0, 0.1) is 0 Å². The first-order chi connectivity index (χ1) is 18.9. The van der Waals surface area contributed by atoms with E-state index in [0.29, 0.717) is 41.2 Å². The van der Waals surface area contributed by atoms with Gasteiger partial charge in [0.25, 0.3) is 5.91 Å². The van der Waals surface area contributed by atoms with Gasteiger partial charge in [0, 0.05) is 11.1 Å². The smallest absolute Gasteiger partial charge is 0.251 e. The van der Waals surface area contributed by atoms with Gasteiger partial charge in [0.05, 0.1) is 34.5 Å². The van der Waals surface area contributed by atoms with Crippen LogP contribution < -0.4 is 29.7 Å². The van der Waals surface area contributed by atoms with Crippen molar-refractivity contribution in [3.63, 3.8) is 0 Å². The summed E-state index contributed by atoms with van der Waals surface area (Å²) < 4.78 is 22.4. The van der Waals surface area contributed by atoms with Crippen LogP contribution in [-0.4, -0.2) is 34.3 Å². The third-order valence-corrected chi connectivity index (χ3v) is 7.31. The summed E-state index contributed by atoms with van der Waals surface area (Å²) in [5.74, 6) is 1.56. The summed E-state index contributed by atoms with van der Waals surface area (Å²) in [6, 6.07) is 14.4. The standard InChI is InChI=1S/C32H37NO6/c1-6-7-8-9-20-10-12-21(13-11-20)32(35)33-25-16-14-22-18-28(37-3)30(38-4)31(39-5)29(22)23-15-17-27(36-2)26(34)19-24(23)25/h10-13,15,17-19,25H,6-9,14,16H2,1-5H3,(H,33,35)/t25-/m0/s1. The van der Waals surface area contributed by atoms with Crippen molar-refractivity contribution in [1.82, 2.24) is 5.32 Å². The third kappa shape index (κ3) is 5.87. The Morgan fingerprint density at radius 3 is 2.23 bits per heavy atom. The highest BCUT2D eigenvalue weighted by Gasteiger charge is 2.30. The fourth-order valence-electron chi connectivity index (χ4n) is 5.26. The first-order valence-corrected chi connectivity index (χ1v) is 13.4. The number of hydrogen-bond donors (Lipinski definition) is 1. The molecule has 0 spiro atoms. The van der Waals surface area contributed by atoms with Crippen LogP contribution in [0.15, 0.2) is 53.3 Å². The lowest BCUT2D eigenvalue weighted by atomic mass is 9.95. The van der Waals surface area contributed by atoms with Crippen molar-refractivity contribution in [2.75, 3.05) is 28.4 Å². The molecular formula is C32H37NO6. The number of ether oxygens (including phenoxy) is 4. The van der Waals surface area contributed by atoms with Crippen LogP contribution in [0.25, 0.3) is 11.1 Å². The molecule has 0 aromatic heterocycles. The molecule has 1 amide bonds. The Hall–Kier alpha value is -4.00. The summed E-state index contributed by atoms with van der Waals surface area (Å²) >= 11 is 0. The highest BCUT2D eigenvalue weighted by molar-refractivity contribution is 5.95. The molecule has 0 heterocycles. The van der Waals surface area contributed by atoms with Crippen LogP contribution in [0.1, 0.15) is 65.7 Å². The molecule has 7 nitrogen and oxygen atoms in total. The SMILES string of the molecule is CCCCCc1ccc(C(=O)N[C@H]2CCc3cc(OC)c(OC)c(OC)c3-c3ccc(OC)c(=O)cc32)cc1. The van der Waals surface area contributed by atoms with E-state index in [1.54, 1.807) is 33.5 Å². The highest BCUT2D eigenvalue weighted by atomic mass is 16.5. The third-order valence-electron chi connectivity index (χ3n) is 7.31. The summed E-state index contributed by atoms with van der Waals surface area (Å²) in [6.45, 7) is 2.19. The molecule has 0 aliphatic heterocycles. The first kappa shape index (κ1) is 28.0. The molecule has 0 fully saturated rings. The lowest BCUT2D eigenvalue weighted by Crippen LogP contribution is -2.29. The van der Waals surface area contributed by atoms with Crippen LogP contribution in [0.4, 0.5) is 0 Å². The van der Waals surface area contributed by atoms with E-state index in [2.05, 4.69) is 12.2 Å². The van der Waals surface area contributed by atoms with Gasteiger partial charge in [-0.3, -0.25) is 9.59 Å². The number of hydrogen-bond acceptors (Lipinski definition) is 6. The number of unbranched alkanes of at least 4 members (excludes halogenated alkanes) is 2. The van der Waals surface area contributed by atoms with Crippen LogP contribution >= 0.6 is 0 Å². The fourth-order valence-corrected chi connectivity index (χ4v) is 5.26. The zero-order valence-corrected chi connectivity index (χ0v) is 23.4. The van der Waals surface area contributed by atoms with Gasteiger partial charge in [0.15, 0.2) is 17.2 Å². The van der Waals surface area contributed by atoms with Gasteiger partial charge in [-0.05, 0) is 78.3 Å². The molecule has 3 aromatic carbocycles. The Bertz CT molecular complexity index is 1380. The first-order valence-electron chi connectivity index (χ1n) is 13.4. The predicted molar refractivity (Wildman–Crippen MR) is 153 cm³/mol. The van der Waals surface area contributed by atoms with Crippen LogP contribution in [0.3, 0.4) is 0 Å². The molecule has 1 aliphatic rings. The van der Waals surface area contributed by atoms with Gasteiger partial charge < -0.3 is 24.3 Å². The van der Waals surface area contributed by atoms with Crippen molar-refractivity contribution in [1.29, 1.82) is 0 Å². The molecule has 0 radical (unpaired) electrons. The molecule has 39 heavy (non-hydrogen) atoms. The number of aryl methyl sites for hydroxylation is 2. The maximum atomic E-state index is 13.4. The number of fused-ring (bicyclic) bond motifs is 3. The van der Waals surface area contributed by atoms with E-state index in [4.69, 9.17) is 18.9 Å². The topological polar surface area (TPSA) is 83.1 Å². The second-order valence-electron chi connectivity index (χ2n) is 9.68. The van der Waals surface area contributed by atoms with Crippen molar-refractivity contribution in [2.24, 2.45) is 0 Å². The molecule has 206 valence electrons. The molecule has 1 N–H and O–H groups in total. The van der Waals surface area contributed by atoms with Crippen molar-refractivity contribution in [2.45, 2.75) is 51.5 Å². The Balaban J connectivity index is 1.78. The Morgan fingerprint density at radius 1 is 0.872 bits per heavy atom. The quantitative estimate of drug-likeness (QED) is 0.328. The van der Waals surface area contributed by atoms with Gasteiger partial charge in [0.1, 0.15) is 0 Å². The minimum atomic E-state index is -0.421. The van der Waals surface area contributed by atoms with Gasteiger partial charge in [-0.2, -0.15) is 0 Å². The number of carbonyl (C=O) groups is 1. The minimum absolute atomic E-state index is 0.190. The fraction of sp³-hybridized carbons (Fsp3) is 0.375. The predicted octanol–water partition coefficient (Wildman–Crippen LogP) is 5.90. The van der Waals surface area contributed by atoms with E-state index in [1.165, 1.54) is 25.5 Å². The zero-order chi connectivity index (χ0) is 27.9. The van der Waals surface area contributed by atoms with Gasteiger partial charge in [-0.15, -0.1) is 0 Å². The largest absolute Gasteiger partial charge is 0.493 e. The summed E-state index contributed by atoms with van der Waals surface area (Å²) in [4.78, 5) is 26.5. The van der Waals surface area contributed by atoms with Crippen molar-refractivity contribution < 1.29 is 23.7 Å². The van der Waals surface area contributed by atoms with Crippen molar-refractivity contribution in [3.05, 3.63) is 81.0 Å². The molecule has 3 aromatic rings. The summed E-state index contributed by atoms with van der Waals surface area (Å²) in [6.07, 6.45) is 5.70. The Labute approximate surface area is 230 Å². The van der Waals surface area contributed by atoms with Crippen LogP contribution in [0.2, 0.25) is 0 Å². The highest BCUT2D eigenvalue weighted by Crippen LogP contribution is 2.50. The average Bonchev–Trinajstić information content (AvgIpc) is 3.20. The van der Waals surface area contributed by atoms with E-state index in [-0.39, 0.29) is 17.1 Å². The number of nitrogens with one attached hydrogen (secondary N) is 1. The molecule has 0 unspecified atom stereocenters. The van der Waals surface area contributed by atoms with Gasteiger partial charge >= 0.3 is 0 Å². The zero-order valence-electron chi connectivity index (χ0n) is 23.4. The van der Waals surface area contributed by atoms with Crippen LogP contribution in [-0.2, 0) is 12.8 Å². The average molecular weight is 532 g/mol. The summed E-state index contributed by atoms with van der Waals surface area (Å²) in [5.41, 5.74) is 4.76. The second kappa shape index (κ2) is 12.7. The maximum Gasteiger partial charge on any atom is 0.251 e. The van der Waals surface area contributed by atoms with E-state index in [0.717, 1.165) is 29.5 Å². The van der Waals surface area contributed by atoms with Crippen molar-refractivity contribution >= 4 is 5.91 Å². The Morgan fingerprint density at radius 2 is 1.59 bits per heavy atom. The van der Waals surface area contributed by atoms with Gasteiger partial charge in [0.2, 0.25) is 11.2 Å². The van der Waals surface area contributed by atoms with E-state index in [9.17, 15) is 9.59 Å². The van der Waals surface area contributed by atoms with Gasteiger partial charge in [-0.25, -0.2) is 0 Å². The summed E-state index contributed by atoms with van der Waals surface area (Å²) in [5, 5.41) is 3.19. The lowest BCUT2D eigenvalue weighted by molar-refractivity contribution is 0.0935. The van der Waals surface area contributed by atoms with Gasteiger partial charge in [-0.1, -0.05) is 38.0 Å². The monoisotopic (exact) mass is 531 g/mol. The maximum absolute atomic E-state index is 13.4. The molecule has 1 atom stereocenters. The minimum Gasteiger partial charge on any atom is -0.493 e. The number of methoxy groups -OCH3 is 4. The van der Waals surface area contributed by atoms with E-state index in [1.807, 2.05) is 36.4 Å². The molecule has 1 aliphatic carbocycles. The molecule has 0 saturated heterocycles. The molecule has 7 heteroatoms. The second-order valence-corrected chi connectivity index (χ2v) is 9.68. The molecule has 0 saturated carbocycles. The van der Waals surface area contributed by atoms with E-state index >= 15 is 0 Å². The number of amides is 1. The molecule has 4 rings (SSSR count). The number of benzene rings is 2. The van der Waals surface area contributed by atoms with Crippen molar-refractivity contribution in [3.8, 4) is 34.1 Å². The Kier molecular flexibility index (Phi) is 9.12. The normalized spacial score (nSPS) is 13.9. The van der Waals surface area contributed by atoms with E-state index < -0.39 is 6.04 Å². The number of carbonyl (C=O) groups excluding carboxylic acids is 1. The molecular weight excluding hydrogens is 494 g/mol. The lowest BCUT2D eigenvalue weighted by Gasteiger charge is -2.20. The number of rotatable bonds is 10. The molecule has 0 bridgehead atoms.